The lowest BCUT2D eigenvalue weighted by Gasteiger charge is -2.16. The minimum atomic E-state index is -0.583. The maximum atomic E-state index is 9.82. The first-order chi connectivity index (χ1) is 8.52. The average Bonchev–Trinajstić information content (AvgIpc) is 2.73. The van der Waals surface area contributed by atoms with Crippen LogP contribution in [-0.2, 0) is 12.8 Å². The first-order valence-electron chi connectivity index (χ1n) is 6.96. The molecule has 3 heteroatoms. The van der Waals surface area contributed by atoms with Gasteiger partial charge in [-0.3, -0.25) is 0 Å². The van der Waals surface area contributed by atoms with Gasteiger partial charge < -0.3 is 10.2 Å². The van der Waals surface area contributed by atoms with Crippen LogP contribution in [0.15, 0.2) is 12.1 Å². The third-order valence-corrected chi connectivity index (χ3v) is 4.21. The van der Waals surface area contributed by atoms with Crippen molar-refractivity contribution in [2.75, 3.05) is 0 Å². The van der Waals surface area contributed by atoms with Gasteiger partial charge in [-0.1, -0.05) is 27.2 Å². The lowest BCUT2D eigenvalue weighted by Crippen LogP contribution is -2.25. The largest absolute Gasteiger partial charge is 0.390 e. The lowest BCUT2D eigenvalue weighted by atomic mass is 10.0. The van der Waals surface area contributed by atoms with Crippen LogP contribution in [0.5, 0.6) is 0 Å². The number of hydrogen-bond acceptors (Lipinski definition) is 3. The van der Waals surface area contributed by atoms with Gasteiger partial charge in [0.05, 0.1) is 12.2 Å². The molecule has 0 radical (unpaired) electrons. The van der Waals surface area contributed by atoms with Gasteiger partial charge in [-0.2, -0.15) is 0 Å². The SMILES string of the molecule is CCCC(O)C(O)CCc1ccc(CC(C)C)s1. The van der Waals surface area contributed by atoms with Crippen molar-refractivity contribution in [3.8, 4) is 0 Å². The summed E-state index contributed by atoms with van der Waals surface area (Å²) in [6.07, 6.45) is 3.10. The van der Waals surface area contributed by atoms with Gasteiger partial charge in [0.2, 0.25) is 0 Å². The highest BCUT2D eigenvalue weighted by Gasteiger charge is 2.15. The highest BCUT2D eigenvalue weighted by molar-refractivity contribution is 7.11. The first-order valence-corrected chi connectivity index (χ1v) is 7.78. The molecular weight excluding hydrogens is 244 g/mol. The molecule has 0 aromatic carbocycles. The fourth-order valence-corrected chi connectivity index (χ4v) is 3.28. The molecule has 0 amide bonds. The van der Waals surface area contributed by atoms with Crippen molar-refractivity contribution in [1.29, 1.82) is 0 Å². The molecule has 2 unspecified atom stereocenters. The second-order valence-electron chi connectivity index (χ2n) is 5.43. The highest BCUT2D eigenvalue weighted by atomic mass is 32.1. The third kappa shape index (κ3) is 5.51. The smallest absolute Gasteiger partial charge is 0.0802 e. The first kappa shape index (κ1) is 15.7. The third-order valence-electron chi connectivity index (χ3n) is 3.04. The molecule has 2 nitrogen and oxygen atoms in total. The van der Waals surface area contributed by atoms with Crippen LogP contribution in [-0.4, -0.2) is 22.4 Å². The summed E-state index contributed by atoms with van der Waals surface area (Å²) in [5.41, 5.74) is 0. The monoisotopic (exact) mass is 270 g/mol. The van der Waals surface area contributed by atoms with Crippen molar-refractivity contribution in [3.63, 3.8) is 0 Å². The van der Waals surface area contributed by atoms with E-state index in [1.807, 2.05) is 18.3 Å². The van der Waals surface area contributed by atoms with Crippen molar-refractivity contribution in [1.82, 2.24) is 0 Å². The molecule has 1 aromatic rings. The summed E-state index contributed by atoms with van der Waals surface area (Å²) in [5, 5.41) is 19.5. The Morgan fingerprint density at radius 1 is 1.06 bits per heavy atom. The average molecular weight is 270 g/mol. The molecule has 1 rings (SSSR count). The van der Waals surface area contributed by atoms with E-state index in [0.717, 1.165) is 19.3 Å². The Morgan fingerprint density at radius 3 is 2.28 bits per heavy atom. The molecule has 1 heterocycles. The lowest BCUT2D eigenvalue weighted by molar-refractivity contribution is 0.00991. The summed E-state index contributed by atoms with van der Waals surface area (Å²) in [6.45, 7) is 6.47. The number of aryl methyl sites for hydroxylation is 1. The molecule has 0 bridgehead atoms. The van der Waals surface area contributed by atoms with Crippen LogP contribution in [0.4, 0.5) is 0 Å². The van der Waals surface area contributed by atoms with E-state index in [1.165, 1.54) is 9.75 Å². The molecule has 0 aliphatic heterocycles. The van der Waals surface area contributed by atoms with Crippen LogP contribution in [0.25, 0.3) is 0 Å². The topological polar surface area (TPSA) is 40.5 Å². The summed E-state index contributed by atoms with van der Waals surface area (Å²) in [7, 11) is 0. The van der Waals surface area contributed by atoms with Gasteiger partial charge in [-0.25, -0.2) is 0 Å². The van der Waals surface area contributed by atoms with Crippen LogP contribution >= 0.6 is 11.3 Å². The summed E-state index contributed by atoms with van der Waals surface area (Å²) in [5.74, 6) is 0.688. The standard InChI is InChI=1S/C15H26O2S/c1-4-5-14(16)15(17)9-8-12-6-7-13(18-12)10-11(2)3/h6-7,11,14-17H,4-5,8-10H2,1-3H3. The molecule has 18 heavy (non-hydrogen) atoms. The van der Waals surface area contributed by atoms with E-state index in [1.54, 1.807) is 0 Å². The van der Waals surface area contributed by atoms with Gasteiger partial charge in [0.25, 0.3) is 0 Å². The van der Waals surface area contributed by atoms with E-state index in [0.29, 0.717) is 18.8 Å². The van der Waals surface area contributed by atoms with Crippen molar-refractivity contribution >= 4 is 11.3 Å². The van der Waals surface area contributed by atoms with E-state index >= 15 is 0 Å². The Morgan fingerprint density at radius 2 is 1.67 bits per heavy atom. The Labute approximate surface area is 115 Å². The molecule has 0 spiro atoms. The molecule has 1 aromatic heterocycles. The summed E-state index contributed by atoms with van der Waals surface area (Å²) < 4.78 is 0. The van der Waals surface area contributed by atoms with E-state index in [2.05, 4.69) is 26.0 Å². The predicted octanol–water partition coefficient (Wildman–Crippen LogP) is 3.40. The summed E-state index contributed by atoms with van der Waals surface area (Å²) in [6, 6.07) is 4.34. The van der Waals surface area contributed by atoms with Gasteiger partial charge in [-0.15, -0.1) is 11.3 Å². The van der Waals surface area contributed by atoms with Crippen molar-refractivity contribution < 1.29 is 10.2 Å². The van der Waals surface area contributed by atoms with E-state index in [-0.39, 0.29) is 0 Å². The maximum absolute atomic E-state index is 9.82. The van der Waals surface area contributed by atoms with E-state index in [4.69, 9.17) is 0 Å². The molecule has 0 fully saturated rings. The van der Waals surface area contributed by atoms with Gasteiger partial charge in [-0.05, 0) is 43.7 Å². The second-order valence-corrected chi connectivity index (χ2v) is 6.68. The maximum Gasteiger partial charge on any atom is 0.0802 e. The molecular formula is C15H26O2S. The summed E-state index contributed by atoms with van der Waals surface area (Å²) in [4.78, 5) is 2.73. The number of hydrogen-bond donors (Lipinski definition) is 2. The van der Waals surface area contributed by atoms with Crippen molar-refractivity contribution in [3.05, 3.63) is 21.9 Å². The minimum Gasteiger partial charge on any atom is -0.390 e. The molecule has 0 saturated heterocycles. The van der Waals surface area contributed by atoms with Crippen LogP contribution in [0.1, 0.15) is 49.8 Å². The zero-order valence-corrected chi connectivity index (χ0v) is 12.5. The van der Waals surface area contributed by atoms with Gasteiger partial charge in [0.1, 0.15) is 0 Å². The highest BCUT2D eigenvalue weighted by Crippen LogP contribution is 2.22. The van der Waals surface area contributed by atoms with Crippen LogP contribution in [0.2, 0.25) is 0 Å². The zero-order chi connectivity index (χ0) is 13.5. The van der Waals surface area contributed by atoms with Gasteiger partial charge in [0, 0.05) is 9.75 Å². The minimum absolute atomic E-state index is 0.565. The quantitative estimate of drug-likeness (QED) is 0.760. The van der Waals surface area contributed by atoms with E-state index < -0.39 is 12.2 Å². The molecule has 0 saturated carbocycles. The number of thiophene rings is 1. The Bertz CT molecular complexity index is 333. The molecule has 0 aliphatic rings. The number of aliphatic hydroxyl groups excluding tert-OH is 2. The fourth-order valence-electron chi connectivity index (χ4n) is 2.04. The van der Waals surface area contributed by atoms with Crippen LogP contribution < -0.4 is 0 Å². The van der Waals surface area contributed by atoms with Crippen molar-refractivity contribution in [2.24, 2.45) is 5.92 Å². The summed E-state index contributed by atoms with van der Waals surface area (Å²) >= 11 is 1.84. The normalized spacial score (nSPS) is 15.0. The Kier molecular flexibility index (Phi) is 6.90. The molecule has 104 valence electrons. The molecule has 2 atom stereocenters. The number of aliphatic hydroxyl groups is 2. The van der Waals surface area contributed by atoms with Gasteiger partial charge in [0.15, 0.2) is 0 Å². The van der Waals surface area contributed by atoms with Crippen molar-refractivity contribution in [2.45, 2.75) is 65.1 Å². The van der Waals surface area contributed by atoms with Gasteiger partial charge >= 0.3 is 0 Å². The number of rotatable bonds is 8. The zero-order valence-electron chi connectivity index (χ0n) is 11.7. The van der Waals surface area contributed by atoms with Crippen LogP contribution in [0, 0.1) is 5.92 Å². The molecule has 2 N–H and O–H groups in total. The second kappa shape index (κ2) is 7.93. The van der Waals surface area contributed by atoms with Crippen LogP contribution in [0.3, 0.4) is 0 Å². The van der Waals surface area contributed by atoms with E-state index in [9.17, 15) is 10.2 Å². The Balaban J connectivity index is 2.36. The molecule has 0 aliphatic carbocycles. The Hall–Kier alpha value is -0.380. The predicted molar refractivity (Wildman–Crippen MR) is 78.1 cm³/mol. The fraction of sp³-hybridized carbons (Fsp3) is 0.733.